The first-order valence-electron chi connectivity index (χ1n) is 11.4. The number of rotatable bonds is 8. The quantitative estimate of drug-likeness (QED) is 0.335. The van der Waals surface area contributed by atoms with E-state index in [-0.39, 0.29) is 17.2 Å². The first-order valence-corrected chi connectivity index (χ1v) is 11.4. The van der Waals surface area contributed by atoms with E-state index in [0.29, 0.717) is 28.2 Å². The smallest absolute Gasteiger partial charge is 0.419 e. The van der Waals surface area contributed by atoms with Gasteiger partial charge in [-0.2, -0.15) is 13.2 Å². The highest BCUT2D eigenvalue weighted by Crippen LogP contribution is 2.39. The number of hydrogen-bond acceptors (Lipinski definition) is 8. The minimum absolute atomic E-state index is 0.0393. The molecule has 4 aromatic rings. The normalized spacial score (nSPS) is 11.8. The van der Waals surface area contributed by atoms with Crippen LogP contribution in [-0.2, 0) is 13.2 Å². The third kappa shape index (κ3) is 5.53. The maximum absolute atomic E-state index is 13.8. The predicted octanol–water partition coefficient (Wildman–Crippen LogP) is 4.38. The molecule has 0 radical (unpaired) electrons. The van der Waals surface area contributed by atoms with Crippen LogP contribution in [0.5, 0.6) is 5.75 Å². The minimum atomic E-state index is -4.65. The highest BCUT2D eigenvalue weighted by molar-refractivity contribution is 5.83. The number of fused-ring (bicyclic) bond motifs is 1. The topological polar surface area (TPSA) is 97.4 Å². The Kier molecular flexibility index (Phi) is 7.12. The SMILES string of the molecule is COc1cc(N(C)CCN(C)C)c(N)cc1Nc1ncc(C(F)(F)F)c(-c2cnc3c(ccn3C)c2)n1. The van der Waals surface area contributed by atoms with Gasteiger partial charge in [-0.15, -0.1) is 0 Å². The van der Waals surface area contributed by atoms with Gasteiger partial charge < -0.3 is 30.2 Å². The lowest BCUT2D eigenvalue weighted by Gasteiger charge is -2.24. The lowest BCUT2D eigenvalue weighted by atomic mass is 10.1. The Morgan fingerprint density at radius 3 is 2.51 bits per heavy atom. The van der Waals surface area contributed by atoms with E-state index in [2.05, 4.69) is 25.2 Å². The van der Waals surface area contributed by atoms with Gasteiger partial charge in [-0.3, -0.25) is 0 Å². The number of alkyl halides is 3. The standard InChI is InChI=1S/C25H29F3N8O/c1-34(2)8-9-35(3)20-12-21(37-5)19(11-18(20)29)32-24-31-14-17(25(26,27)28)22(33-24)16-10-15-6-7-36(4)23(15)30-13-16/h6-7,10-14H,8-9,29H2,1-5H3,(H,31,32,33). The molecule has 3 heterocycles. The van der Waals surface area contributed by atoms with Crippen molar-refractivity contribution in [2.24, 2.45) is 7.05 Å². The largest absolute Gasteiger partial charge is 0.494 e. The molecule has 0 unspecified atom stereocenters. The third-order valence-electron chi connectivity index (χ3n) is 5.96. The maximum Gasteiger partial charge on any atom is 0.419 e. The van der Waals surface area contributed by atoms with Crippen LogP contribution < -0.4 is 20.7 Å². The molecule has 0 spiro atoms. The van der Waals surface area contributed by atoms with Gasteiger partial charge in [0.25, 0.3) is 0 Å². The minimum Gasteiger partial charge on any atom is -0.494 e. The van der Waals surface area contributed by atoms with E-state index in [1.165, 1.54) is 13.3 Å². The molecule has 0 aliphatic heterocycles. The Labute approximate surface area is 212 Å². The predicted molar refractivity (Wildman–Crippen MR) is 139 cm³/mol. The van der Waals surface area contributed by atoms with E-state index < -0.39 is 11.7 Å². The van der Waals surface area contributed by atoms with Crippen molar-refractivity contribution in [3.8, 4) is 17.0 Å². The Morgan fingerprint density at radius 2 is 1.84 bits per heavy atom. The number of hydrogen-bond donors (Lipinski definition) is 2. The zero-order valence-electron chi connectivity index (χ0n) is 21.3. The number of halogens is 3. The number of pyridine rings is 1. The van der Waals surface area contributed by atoms with E-state index in [1.54, 1.807) is 35.0 Å². The summed E-state index contributed by atoms with van der Waals surface area (Å²) in [5.74, 6) is 0.404. The molecular weight excluding hydrogens is 485 g/mol. The van der Waals surface area contributed by atoms with Gasteiger partial charge in [0, 0.05) is 62.8 Å². The van der Waals surface area contributed by atoms with E-state index >= 15 is 0 Å². The van der Waals surface area contributed by atoms with Crippen molar-refractivity contribution in [2.75, 3.05) is 57.3 Å². The summed E-state index contributed by atoms with van der Waals surface area (Å²) in [5, 5.41) is 3.66. The molecule has 0 bridgehead atoms. The molecule has 0 amide bonds. The number of ether oxygens (including phenoxy) is 1. The number of nitrogens with zero attached hydrogens (tertiary/aromatic N) is 6. The van der Waals surface area contributed by atoms with Crippen LogP contribution >= 0.6 is 0 Å². The first kappa shape index (κ1) is 26.0. The summed E-state index contributed by atoms with van der Waals surface area (Å²) in [5.41, 5.74) is 7.60. The van der Waals surface area contributed by atoms with Crippen LogP contribution in [0, 0.1) is 0 Å². The average Bonchev–Trinajstić information content (AvgIpc) is 3.22. The Morgan fingerprint density at radius 1 is 1.08 bits per heavy atom. The molecule has 4 rings (SSSR count). The van der Waals surface area contributed by atoms with Crippen LogP contribution in [0.4, 0.5) is 36.2 Å². The molecule has 0 saturated carbocycles. The highest BCUT2D eigenvalue weighted by Gasteiger charge is 2.35. The van der Waals surface area contributed by atoms with Gasteiger partial charge in [-0.1, -0.05) is 0 Å². The summed E-state index contributed by atoms with van der Waals surface area (Å²) in [6.45, 7) is 1.56. The number of methoxy groups -OCH3 is 1. The average molecular weight is 515 g/mol. The number of nitrogens with two attached hydrogens (primary N) is 1. The number of nitrogen functional groups attached to an aromatic ring is 1. The Hall–Kier alpha value is -4.06. The lowest BCUT2D eigenvalue weighted by Crippen LogP contribution is -2.29. The number of aryl methyl sites for hydroxylation is 1. The maximum atomic E-state index is 13.8. The molecule has 3 N–H and O–H groups in total. The van der Waals surface area contributed by atoms with Crippen LogP contribution in [0.1, 0.15) is 5.56 Å². The van der Waals surface area contributed by atoms with Gasteiger partial charge in [-0.05, 0) is 32.3 Å². The summed E-state index contributed by atoms with van der Waals surface area (Å²) < 4.78 is 48.9. The summed E-state index contributed by atoms with van der Waals surface area (Å²) in [4.78, 5) is 16.5. The van der Waals surface area contributed by atoms with Crippen LogP contribution in [0.3, 0.4) is 0 Å². The fourth-order valence-electron chi connectivity index (χ4n) is 3.93. The van der Waals surface area contributed by atoms with Crippen molar-refractivity contribution >= 4 is 34.0 Å². The molecule has 0 aliphatic carbocycles. The molecule has 0 atom stereocenters. The number of anilines is 4. The molecule has 1 aromatic carbocycles. The fourth-order valence-corrected chi connectivity index (χ4v) is 3.93. The van der Waals surface area contributed by atoms with Gasteiger partial charge >= 0.3 is 6.18 Å². The van der Waals surface area contributed by atoms with Crippen LogP contribution in [0.25, 0.3) is 22.3 Å². The van der Waals surface area contributed by atoms with Crippen molar-refractivity contribution in [1.29, 1.82) is 0 Å². The zero-order valence-corrected chi connectivity index (χ0v) is 21.3. The molecule has 0 fully saturated rings. The van der Waals surface area contributed by atoms with Crippen molar-refractivity contribution < 1.29 is 17.9 Å². The molecular formula is C25H29F3N8O. The Bertz CT molecular complexity index is 1420. The first-order chi connectivity index (χ1) is 17.5. The summed E-state index contributed by atoms with van der Waals surface area (Å²) in [6.07, 6.45) is -0.725. The lowest BCUT2D eigenvalue weighted by molar-refractivity contribution is -0.137. The van der Waals surface area contributed by atoms with Crippen molar-refractivity contribution in [3.63, 3.8) is 0 Å². The second-order valence-corrected chi connectivity index (χ2v) is 8.98. The highest BCUT2D eigenvalue weighted by atomic mass is 19.4. The van der Waals surface area contributed by atoms with E-state index in [0.717, 1.165) is 25.0 Å². The summed E-state index contributed by atoms with van der Waals surface area (Å²) in [7, 11) is 9.20. The van der Waals surface area contributed by atoms with Gasteiger partial charge in [0.15, 0.2) is 0 Å². The summed E-state index contributed by atoms with van der Waals surface area (Å²) >= 11 is 0. The third-order valence-corrected chi connectivity index (χ3v) is 5.96. The van der Waals surface area contributed by atoms with E-state index in [1.807, 2.05) is 33.1 Å². The fraction of sp³-hybridized carbons (Fsp3) is 0.320. The van der Waals surface area contributed by atoms with Crippen LogP contribution in [0.15, 0.2) is 42.9 Å². The van der Waals surface area contributed by atoms with Gasteiger partial charge in [-0.25, -0.2) is 15.0 Å². The molecule has 37 heavy (non-hydrogen) atoms. The molecule has 3 aromatic heterocycles. The zero-order chi connectivity index (χ0) is 26.9. The van der Waals surface area contributed by atoms with Crippen molar-refractivity contribution in [2.45, 2.75) is 6.18 Å². The number of nitrogens with one attached hydrogen (secondary N) is 1. The molecule has 0 saturated heterocycles. The number of aromatic nitrogens is 4. The second kappa shape index (κ2) is 10.1. The molecule has 0 aliphatic rings. The Balaban J connectivity index is 1.72. The molecule has 12 heteroatoms. The van der Waals surface area contributed by atoms with Crippen LogP contribution in [0.2, 0.25) is 0 Å². The molecule has 196 valence electrons. The van der Waals surface area contributed by atoms with Crippen molar-refractivity contribution in [3.05, 3.63) is 48.4 Å². The van der Waals surface area contributed by atoms with Gasteiger partial charge in [0.05, 0.1) is 29.9 Å². The number of likely N-dealkylation sites (N-methyl/N-ethyl adjacent to an activating group) is 2. The van der Waals surface area contributed by atoms with E-state index in [4.69, 9.17) is 10.5 Å². The van der Waals surface area contributed by atoms with Gasteiger partial charge in [0.2, 0.25) is 5.95 Å². The van der Waals surface area contributed by atoms with Crippen molar-refractivity contribution in [1.82, 2.24) is 24.4 Å². The van der Waals surface area contributed by atoms with E-state index in [9.17, 15) is 13.2 Å². The van der Waals surface area contributed by atoms with Crippen LogP contribution in [-0.4, -0.2) is 65.8 Å². The monoisotopic (exact) mass is 514 g/mol. The summed E-state index contributed by atoms with van der Waals surface area (Å²) in [6, 6.07) is 6.83. The number of benzene rings is 1. The molecule has 9 nitrogen and oxygen atoms in total. The second-order valence-electron chi connectivity index (χ2n) is 8.98. The van der Waals surface area contributed by atoms with Gasteiger partial charge in [0.1, 0.15) is 17.0 Å².